The molecular formula is C64H91N9O23. The van der Waals surface area contributed by atoms with Gasteiger partial charge >= 0.3 is 41.8 Å². The third-order valence-electron chi connectivity index (χ3n) is 15.0. The molecule has 96 heavy (non-hydrogen) atoms. The molecule has 2 fully saturated rings. The standard InChI is InChI=1S/C58H79N9O17.3C2H4O2/c68-48(10-3-4-11-49(69)61-43-20-15-37(16-21-43)30-44-33-66(35-52(74)75)26-25-65(34-51(72)73)27-28-67(44)36-53(76)77)60-32-38-12-18-41(19-13-38)54(78)62-47(31-39-14-17-40-7-1-2-8-42(40)29-39)55(79)59-24-6-5-9-45(56(80)81)63-58(84)64-46(57(82)83)22-23-50(70)71;3*1-2(3)4/h1-2,7-8,14-17,20-21,29,38,41,44-47H,3-6,9-13,18-19,22-28,30-36H2,(H,59,79)(H,60,68)(H,61,69)(H,62,78)(H,70,71)(H,72,73)(H,74,75)(H,76,77)(H,80,81)(H,82,83)(H2,63,64,84);3*1H3,(H,3,4)/t38?,41?,44?,45-,46-,47?;;;/m0.../s1. The first-order chi connectivity index (χ1) is 45.3. The van der Waals surface area contributed by atoms with E-state index in [1.807, 2.05) is 54.6 Å². The Bertz CT molecular complexity index is 3050. The third kappa shape index (κ3) is 37.2. The average molecular weight is 1350 g/mol. The van der Waals surface area contributed by atoms with Crippen molar-refractivity contribution in [3.8, 4) is 0 Å². The maximum absolute atomic E-state index is 13.8. The largest absolute Gasteiger partial charge is 0.481 e. The average Bonchev–Trinajstić information content (AvgIpc) is 1.10. The number of unbranched alkanes of at least 4 members (excludes halogenated alkanes) is 2. The lowest BCUT2D eigenvalue weighted by molar-refractivity contribution is -0.141. The second kappa shape index (κ2) is 44.7. The van der Waals surface area contributed by atoms with Crippen LogP contribution in [0.25, 0.3) is 10.8 Å². The van der Waals surface area contributed by atoms with Crippen molar-refractivity contribution < 1.29 is 113 Å². The topological polar surface area (TPSA) is 503 Å². The van der Waals surface area contributed by atoms with Crippen molar-refractivity contribution in [2.24, 2.45) is 11.8 Å². The van der Waals surface area contributed by atoms with Gasteiger partial charge in [0.05, 0.1) is 19.6 Å². The van der Waals surface area contributed by atoms with Crippen molar-refractivity contribution in [2.45, 2.75) is 141 Å². The van der Waals surface area contributed by atoms with Crippen LogP contribution in [0.3, 0.4) is 0 Å². The molecule has 0 aromatic heterocycles. The van der Waals surface area contributed by atoms with Gasteiger partial charge in [-0.15, -0.1) is 0 Å². The van der Waals surface area contributed by atoms with Crippen LogP contribution in [0, 0.1) is 11.8 Å². The fraction of sp³-hybridized carbons (Fsp3) is 0.531. The molecule has 3 aromatic rings. The van der Waals surface area contributed by atoms with Crippen LogP contribution in [0.15, 0.2) is 66.7 Å². The van der Waals surface area contributed by atoms with Gasteiger partial charge in [-0.25, -0.2) is 14.4 Å². The number of nitrogens with one attached hydrogen (secondary N) is 6. The minimum Gasteiger partial charge on any atom is -0.481 e. The fourth-order valence-electron chi connectivity index (χ4n) is 10.4. The van der Waals surface area contributed by atoms with Gasteiger partial charge in [0.15, 0.2) is 0 Å². The van der Waals surface area contributed by atoms with Crippen molar-refractivity contribution in [2.75, 3.05) is 70.8 Å². The fourth-order valence-corrected chi connectivity index (χ4v) is 10.4. The number of benzene rings is 3. The first-order valence-electron chi connectivity index (χ1n) is 31.2. The number of rotatable bonds is 33. The van der Waals surface area contributed by atoms with Crippen LogP contribution in [0.2, 0.25) is 0 Å². The molecule has 1 aliphatic carbocycles. The Morgan fingerprint density at radius 3 is 1.58 bits per heavy atom. The zero-order valence-corrected chi connectivity index (χ0v) is 54.1. The highest BCUT2D eigenvalue weighted by atomic mass is 16.4. The Morgan fingerprint density at radius 2 is 1.02 bits per heavy atom. The lowest BCUT2D eigenvalue weighted by Crippen LogP contribution is -2.51. The lowest BCUT2D eigenvalue weighted by atomic mass is 9.81. The molecule has 32 heteroatoms. The Hall–Kier alpha value is -9.82. The Morgan fingerprint density at radius 1 is 0.500 bits per heavy atom. The van der Waals surface area contributed by atoms with Gasteiger partial charge in [0, 0.05) is 110 Å². The molecule has 2 unspecified atom stereocenters. The van der Waals surface area contributed by atoms with E-state index >= 15 is 0 Å². The van der Waals surface area contributed by atoms with Crippen LogP contribution in [0.5, 0.6) is 0 Å². The highest BCUT2D eigenvalue weighted by molar-refractivity contribution is 5.91. The van der Waals surface area contributed by atoms with Crippen molar-refractivity contribution in [1.82, 2.24) is 41.3 Å². The summed E-state index contributed by atoms with van der Waals surface area (Å²) in [6.07, 6.45) is 3.84. The number of nitrogens with zero attached hydrogens (tertiary/aromatic N) is 3. The Labute approximate surface area is 554 Å². The highest BCUT2D eigenvalue weighted by Crippen LogP contribution is 2.29. The molecule has 1 saturated heterocycles. The zero-order chi connectivity index (χ0) is 71.9. The minimum absolute atomic E-state index is 0.0655. The number of aliphatic carboxylic acids is 9. The van der Waals surface area contributed by atoms with E-state index in [1.54, 1.807) is 26.8 Å². The number of urea groups is 1. The molecule has 1 heterocycles. The smallest absolute Gasteiger partial charge is 0.326 e. The monoisotopic (exact) mass is 1350 g/mol. The first kappa shape index (κ1) is 82.3. The van der Waals surface area contributed by atoms with E-state index < -0.39 is 103 Å². The summed E-state index contributed by atoms with van der Waals surface area (Å²) in [4.78, 5) is 167. The van der Waals surface area contributed by atoms with E-state index in [9.17, 15) is 78.3 Å². The zero-order valence-electron chi connectivity index (χ0n) is 54.1. The summed E-state index contributed by atoms with van der Waals surface area (Å²) >= 11 is 0. The summed E-state index contributed by atoms with van der Waals surface area (Å²) < 4.78 is 0. The van der Waals surface area contributed by atoms with Gasteiger partial charge in [0.2, 0.25) is 23.6 Å². The van der Waals surface area contributed by atoms with Gasteiger partial charge in [-0.05, 0) is 111 Å². The predicted octanol–water partition coefficient (Wildman–Crippen LogP) is 2.70. The van der Waals surface area contributed by atoms with Crippen molar-refractivity contribution in [1.29, 1.82) is 0 Å². The summed E-state index contributed by atoms with van der Waals surface area (Å²) in [5.41, 5.74) is 2.19. The number of amides is 6. The Kier molecular flexibility index (Phi) is 38.3. The van der Waals surface area contributed by atoms with Crippen LogP contribution < -0.4 is 31.9 Å². The Balaban J connectivity index is 0.00000240. The van der Waals surface area contributed by atoms with Gasteiger partial charge in [0.1, 0.15) is 18.1 Å². The first-order valence-corrected chi connectivity index (χ1v) is 31.2. The third-order valence-corrected chi connectivity index (χ3v) is 15.0. The molecule has 0 radical (unpaired) electrons. The number of carbonyl (C=O) groups is 14. The normalized spacial score (nSPS) is 16.6. The summed E-state index contributed by atoms with van der Waals surface area (Å²) in [6, 6.07) is 15.2. The van der Waals surface area contributed by atoms with Gasteiger partial charge in [-0.3, -0.25) is 67.4 Å². The number of anilines is 1. The molecule has 1 aliphatic heterocycles. The van der Waals surface area contributed by atoms with E-state index in [-0.39, 0.29) is 114 Å². The van der Waals surface area contributed by atoms with Gasteiger partial charge in [0.25, 0.3) is 17.9 Å². The summed E-state index contributed by atoms with van der Waals surface area (Å²) in [5.74, 6) is -11.1. The number of hydrogen-bond acceptors (Lipinski definition) is 17. The second-order valence-electron chi connectivity index (χ2n) is 23.1. The second-order valence-corrected chi connectivity index (χ2v) is 23.1. The van der Waals surface area contributed by atoms with E-state index in [4.69, 9.17) is 34.8 Å². The molecule has 2 aliphatic rings. The van der Waals surface area contributed by atoms with E-state index in [0.29, 0.717) is 70.1 Å². The molecule has 530 valence electrons. The molecular weight excluding hydrogens is 1260 g/mol. The van der Waals surface area contributed by atoms with Crippen LogP contribution >= 0.6 is 0 Å². The summed E-state index contributed by atoms with van der Waals surface area (Å²) in [7, 11) is 0. The summed E-state index contributed by atoms with van der Waals surface area (Å²) in [5, 5.41) is 96.7. The number of carboxylic acids is 9. The molecule has 1 saturated carbocycles. The molecule has 15 N–H and O–H groups in total. The number of hydrogen-bond donors (Lipinski definition) is 15. The molecule has 4 atom stereocenters. The van der Waals surface area contributed by atoms with Crippen molar-refractivity contribution >= 4 is 99.8 Å². The highest BCUT2D eigenvalue weighted by Gasteiger charge is 2.32. The lowest BCUT2D eigenvalue weighted by Gasteiger charge is -2.33. The van der Waals surface area contributed by atoms with E-state index in [2.05, 4.69) is 31.9 Å². The molecule has 0 bridgehead atoms. The number of carboxylic acid groups (broad SMARTS) is 9. The number of fused-ring (bicyclic) bond motifs is 1. The SMILES string of the molecule is CC(=O)O.CC(=O)O.CC(=O)O.O=C(O)CC[C@H](NC(=O)N[C@@H](CCCCNC(=O)C(Cc1ccc2ccccc2c1)NC(=O)C1CCC(CNC(=O)CCCCC(=O)Nc2ccc(CC3CN(CC(=O)O)CCN(CC(=O)O)CCN3CC(=O)O)cc2)CC1)C(=O)O)C(=O)O. The maximum Gasteiger partial charge on any atom is 0.326 e. The van der Waals surface area contributed by atoms with E-state index in [0.717, 1.165) is 42.7 Å². The molecule has 5 rings (SSSR count). The molecule has 3 aromatic carbocycles. The molecule has 0 spiro atoms. The van der Waals surface area contributed by atoms with Gasteiger partial charge in [-0.1, -0.05) is 54.6 Å². The van der Waals surface area contributed by atoms with Crippen LogP contribution in [-0.2, 0) is 75.2 Å². The summed E-state index contributed by atoms with van der Waals surface area (Å²) in [6.45, 7) is 4.31. The maximum atomic E-state index is 13.8. The molecule has 32 nitrogen and oxygen atoms in total. The number of carbonyl (C=O) groups excluding carboxylic acids is 5. The van der Waals surface area contributed by atoms with Gasteiger partial charge < -0.3 is 77.9 Å². The predicted molar refractivity (Wildman–Crippen MR) is 345 cm³/mol. The minimum atomic E-state index is -1.55. The van der Waals surface area contributed by atoms with Crippen molar-refractivity contribution in [3.05, 3.63) is 77.9 Å². The van der Waals surface area contributed by atoms with Gasteiger partial charge in [-0.2, -0.15) is 0 Å². The van der Waals surface area contributed by atoms with Crippen LogP contribution in [-0.4, -0.2) is 234 Å². The van der Waals surface area contributed by atoms with Crippen LogP contribution in [0.1, 0.15) is 115 Å². The van der Waals surface area contributed by atoms with Crippen molar-refractivity contribution in [3.63, 3.8) is 0 Å². The van der Waals surface area contributed by atoms with E-state index in [1.165, 1.54) is 0 Å². The molecule has 6 amide bonds. The quantitative estimate of drug-likeness (QED) is 0.0390. The van der Waals surface area contributed by atoms with Crippen LogP contribution in [0.4, 0.5) is 10.5 Å².